The first-order valence-electron chi connectivity index (χ1n) is 8.88. The zero-order valence-corrected chi connectivity index (χ0v) is 15.9. The zero-order valence-electron chi connectivity index (χ0n) is 15.2. The quantitative estimate of drug-likeness (QED) is 0.781. The maximum absolute atomic E-state index is 13.2. The summed E-state index contributed by atoms with van der Waals surface area (Å²) in [6.45, 7) is 2.28. The molecule has 2 aromatic rings. The minimum Gasteiger partial charge on any atom is -0.398 e. The molecule has 1 aliphatic carbocycles. The maximum Gasteiger partial charge on any atom is 0.272 e. The number of anilines is 1. The minimum atomic E-state index is -0.0649. The molecule has 1 aromatic heterocycles. The molecule has 0 aliphatic heterocycles. The van der Waals surface area contributed by atoms with E-state index in [1.807, 2.05) is 24.0 Å². The first kappa shape index (κ1) is 18.7. The van der Waals surface area contributed by atoms with E-state index in [-0.39, 0.29) is 18.1 Å². The Balaban J connectivity index is 1.86. The summed E-state index contributed by atoms with van der Waals surface area (Å²) in [6.07, 6.45) is 3.96. The topological polar surface area (TPSA) is 84.2 Å². The molecule has 0 spiro atoms. The summed E-state index contributed by atoms with van der Waals surface area (Å²) in [7, 11) is 1.74. The number of H-pyrrole nitrogens is 1. The first-order chi connectivity index (χ1) is 12.5. The van der Waals surface area contributed by atoms with Crippen molar-refractivity contribution in [2.75, 3.05) is 12.8 Å². The fourth-order valence-electron chi connectivity index (χ4n) is 3.55. The number of carbonyl (C=O) groups is 1. The lowest BCUT2D eigenvalue weighted by molar-refractivity contribution is 0.0310. The Morgan fingerprint density at radius 2 is 2.12 bits per heavy atom. The van der Waals surface area contributed by atoms with E-state index in [4.69, 9.17) is 22.1 Å². The number of aromatic amines is 1. The molecule has 1 aromatic carbocycles. The fraction of sp³-hybridized carbons (Fsp3) is 0.474. The minimum absolute atomic E-state index is 0.0649. The van der Waals surface area contributed by atoms with Gasteiger partial charge in [0.05, 0.1) is 22.5 Å². The van der Waals surface area contributed by atoms with Crippen LogP contribution in [0.2, 0.25) is 5.02 Å². The van der Waals surface area contributed by atoms with E-state index in [1.54, 1.807) is 19.2 Å². The number of halogens is 1. The van der Waals surface area contributed by atoms with Gasteiger partial charge in [0.1, 0.15) is 5.69 Å². The molecule has 1 amide bonds. The van der Waals surface area contributed by atoms with Crippen molar-refractivity contribution < 1.29 is 9.53 Å². The van der Waals surface area contributed by atoms with Crippen LogP contribution in [0.25, 0.3) is 0 Å². The molecule has 0 bridgehead atoms. The highest BCUT2D eigenvalue weighted by Gasteiger charge is 2.30. The van der Waals surface area contributed by atoms with Crippen LogP contribution in [0.3, 0.4) is 0 Å². The molecular formula is C19H25ClN4O2. The van der Waals surface area contributed by atoms with Crippen molar-refractivity contribution in [3.63, 3.8) is 0 Å². The van der Waals surface area contributed by atoms with Crippen LogP contribution in [0, 0.1) is 6.92 Å². The van der Waals surface area contributed by atoms with Crippen molar-refractivity contribution >= 4 is 23.2 Å². The van der Waals surface area contributed by atoms with Crippen LogP contribution < -0.4 is 5.73 Å². The van der Waals surface area contributed by atoms with Crippen LogP contribution in [-0.4, -0.2) is 40.3 Å². The van der Waals surface area contributed by atoms with Crippen molar-refractivity contribution in [1.82, 2.24) is 15.1 Å². The van der Waals surface area contributed by atoms with E-state index in [1.165, 1.54) is 0 Å². The Morgan fingerprint density at radius 3 is 2.73 bits per heavy atom. The SMILES string of the molecule is CO[C@H]1CC[C@H](N(Cc2cccc(N)c2Cl)C(=O)c2cc(C)n[nH]2)CC1. The molecule has 3 rings (SSSR count). The molecule has 7 heteroatoms. The zero-order chi connectivity index (χ0) is 18.7. The van der Waals surface area contributed by atoms with Gasteiger partial charge in [0.2, 0.25) is 0 Å². The lowest BCUT2D eigenvalue weighted by Gasteiger charge is -2.36. The second-order valence-corrected chi connectivity index (χ2v) is 7.22. The van der Waals surface area contributed by atoms with Gasteiger partial charge in [0, 0.05) is 19.7 Å². The number of carbonyl (C=O) groups excluding carboxylic acids is 1. The molecule has 6 nitrogen and oxygen atoms in total. The Labute approximate surface area is 158 Å². The van der Waals surface area contributed by atoms with Gasteiger partial charge in [-0.1, -0.05) is 23.7 Å². The third-order valence-corrected chi connectivity index (χ3v) is 5.53. The number of nitrogen functional groups attached to an aromatic ring is 1. The molecule has 1 aliphatic rings. The summed E-state index contributed by atoms with van der Waals surface area (Å²) < 4.78 is 5.46. The number of aryl methyl sites for hydroxylation is 1. The Hall–Kier alpha value is -2.05. The number of nitrogens with two attached hydrogens (primary N) is 1. The summed E-state index contributed by atoms with van der Waals surface area (Å²) in [5.41, 5.74) is 8.60. The van der Waals surface area contributed by atoms with Crippen LogP contribution in [-0.2, 0) is 11.3 Å². The third-order valence-electron chi connectivity index (χ3n) is 5.06. The van der Waals surface area contributed by atoms with Gasteiger partial charge >= 0.3 is 0 Å². The largest absolute Gasteiger partial charge is 0.398 e. The molecule has 1 heterocycles. The predicted octanol–water partition coefficient (Wildman–Crippen LogP) is 3.55. The highest BCUT2D eigenvalue weighted by atomic mass is 35.5. The summed E-state index contributed by atoms with van der Waals surface area (Å²) in [6, 6.07) is 7.45. The number of amides is 1. The summed E-state index contributed by atoms with van der Waals surface area (Å²) in [5, 5.41) is 7.43. The number of benzene rings is 1. The molecule has 1 saturated carbocycles. The van der Waals surface area contributed by atoms with Crippen LogP contribution in [0.5, 0.6) is 0 Å². The molecule has 26 heavy (non-hydrogen) atoms. The lowest BCUT2D eigenvalue weighted by atomic mass is 9.91. The number of hydrogen-bond donors (Lipinski definition) is 2. The number of ether oxygens (including phenoxy) is 1. The average molecular weight is 377 g/mol. The Bertz CT molecular complexity index is 769. The molecule has 0 atom stereocenters. The third kappa shape index (κ3) is 4.02. The molecule has 0 saturated heterocycles. The number of aromatic nitrogens is 2. The van der Waals surface area contributed by atoms with E-state index in [0.29, 0.717) is 22.9 Å². The van der Waals surface area contributed by atoms with E-state index < -0.39 is 0 Å². The standard InChI is InChI=1S/C19H25ClN4O2/c1-12-10-17(23-22-12)19(25)24(14-6-8-15(26-2)9-7-14)11-13-4-3-5-16(21)18(13)20/h3-5,10,14-15H,6-9,11,21H2,1-2H3,(H,22,23)/t14-,15-. The summed E-state index contributed by atoms with van der Waals surface area (Å²) >= 11 is 6.37. The van der Waals surface area contributed by atoms with Crippen LogP contribution in [0.1, 0.15) is 47.4 Å². The van der Waals surface area contributed by atoms with Crippen molar-refractivity contribution in [2.45, 2.75) is 51.3 Å². The van der Waals surface area contributed by atoms with E-state index in [2.05, 4.69) is 10.2 Å². The highest BCUT2D eigenvalue weighted by Crippen LogP contribution is 2.30. The monoisotopic (exact) mass is 376 g/mol. The number of rotatable bonds is 5. The van der Waals surface area contributed by atoms with E-state index >= 15 is 0 Å². The second kappa shape index (κ2) is 8.10. The molecule has 3 N–H and O–H groups in total. The summed E-state index contributed by atoms with van der Waals surface area (Å²) in [5.74, 6) is -0.0649. The fourth-order valence-corrected chi connectivity index (χ4v) is 3.74. The smallest absolute Gasteiger partial charge is 0.272 e. The first-order valence-corrected chi connectivity index (χ1v) is 9.26. The number of nitrogens with one attached hydrogen (secondary N) is 1. The lowest BCUT2D eigenvalue weighted by Crippen LogP contribution is -2.43. The summed E-state index contributed by atoms with van der Waals surface area (Å²) in [4.78, 5) is 15.0. The van der Waals surface area contributed by atoms with Gasteiger partial charge in [0.25, 0.3) is 5.91 Å². The highest BCUT2D eigenvalue weighted by molar-refractivity contribution is 6.33. The van der Waals surface area contributed by atoms with Gasteiger partial charge in [-0.15, -0.1) is 0 Å². The number of methoxy groups -OCH3 is 1. The van der Waals surface area contributed by atoms with Crippen molar-refractivity contribution in [2.24, 2.45) is 0 Å². The van der Waals surface area contributed by atoms with Crippen LogP contribution in [0.15, 0.2) is 24.3 Å². The van der Waals surface area contributed by atoms with Crippen molar-refractivity contribution in [3.05, 3.63) is 46.2 Å². The Kier molecular flexibility index (Phi) is 5.84. The molecule has 1 fully saturated rings. The van der Waals surface area contributed by atoms with Gasteiger partial charge in [-0.3, -0.25) is 9.89 Å². The molecule has 0 unspecified atom stereocenters. The number of nitrogens with zero attached hydrogens (tertiary/aromatic N) is 2. The van der Waals surface area contributed by atoms with Crippen molar-refractivity contribution in [1.29, 1.82) is 0 Å². The predicted molar refractivity (Wildman–Crippen MR) is 102 cm³/mol. The number of hydrogen-bond acceptors (Lipinski definition) is 4. The van der Waals surface area contributed by atoms with Crippen molar-refractivity contribution in [3.8, 4) is 0 Å². The van der Waals surface area contributed by atoms with Gasteiger partial charge in [-0.05, 0) is 50.3 Å². The molecule has 0 radical (unpaired) electrons. The molecular weight excluding hydrogens is 352 g/mol. The maximum atomic E-state index is 13.2. The van der Waals surface area contributed by atoms with Gasteiger partial charge < -0.3 is 15.4 Å². The van der Waals surface area contributed by atoms with E-state index in [0.717, 1.165) is 36.9 Å². The molecule has 140 valence electrons. The van der Waals surface area contributed by atoms with Gasteiger partial charge in [-0.25, -0.2) is 0 Å². The Morgan fingerprint density at radius 1 is 1.38 bits per heavy atom. The second-order valence-electron chi connectivity index (χ2n) is 6.84. The van der Waals surface area contributed by atoms with Crippen LogP contribution in [0.4, 0.5) is 5.69 Å². The van der Waals surface area contributed by atoms with Gasteiger partial charge in [0.15, 0.2) is 0 Å². The van der Waals surface area contributed by atoms with E-state index in [9.17, 15) is 4.79 Å². The van der Waals surface area contributed by atoms with Crippen LogP contribution >= 0.6 is 11.6 Å². The normalized spacial score (nSPS) is 20.1. The van der Waals surface area contributed by atoms with Gasteiger partial charge in [-0.2, -0.15) is 5.10 Å². The average Bonchev–Trinajstić information content (AvgIpc) is 3.09.